The van der Waals surface area contributed by atoms with Crippen LogP contribution in [0.4, 0.5) is 0 Å². The van der Waals surface area contributed by atoms with E-state index in [0.29, 0.717) is 5.69 Å². The van der Waals surface area contributed by atoms with E-state index in [1.807, 2.05) is 0 Å². The molecule has 7 aromatic rings. The Bertz CT molecular complexity index is 2250. The first kappa shape index (κ1) is 23.9. The van der Waals surface area contributed by atoms with E-state index in [9.17, 15) is 19.8 Å². The van der Waals surface area contributed by atoms with Crippen LogP contribution in [0.15, 0.2) is 88.7 Å². The maximum absolute atomic E-state index is 12.8. The third-order valence-corrected chi connectivity index (χ3v) is 8.14. The lowest BCUT2D eigenvalue weighted by atomic mass is 9.88. The second-order valence-corrected chi connectivity index (χ2v) is 10.5. The summed E-state index contributed by atoms with van der Waals surface area (Å²) in [5.41, 5.74) is 0.141. The standard InChI is InChI=1S/C31H23N5O5/c37-15-26-25(38)12-27(41-26)35-14-24(30(39)32-31(35)40)36-13-23(33-34-36)18-10-17-6-3-8-20-19-7-1-4-16-5-2-9-21(28(16)19)22(11-18)29(17)20/h1-11,13-14,25-27,37-38H,12,15H2,(H,32,39,40)/t25-,26+,27+/m0/s1. The third kappa shape index (κ3) is 3.55. The zero-order valence-electron chi connectivity index (χ0n) is 21.6. The molecule has 202 valence electrons. The first-order chi connectivity index (χ1) is 20.0. The number of benzene rings is 5. The molecule has 0 spiro atoms. The van der Waals surface area contributed by atoms with Gasteiger partial charge in [0.2, 0.25) is 0 Å². The van der Waals surface area contributed by atoms with Crippen molar-refractivity contribution in [3.8, 4) is 16.9 Å². The molecule has 0 unspecified atom stereocenters. The molecule has 41 heavy (non-hydrogen) atoms. The number of H-pyrrole nitrogens is 1. The van der Waals surface area contributed by atoms with Crippen molar-refractivity contribution < 1.29 is 14.9 Å². The molecule has 1 aliphatic heterocycles. The molecule has 1 fully saturated rings. The van der Waals surface area contributed by atoms with Gasteiger partial charge in [-0.3, -0.25) is 14.3 Å². The molecular formula is C31H23N5O5. The Balaban J connectivity index is 1.27. The van der Waals surface area contributed by atoms with Crippen LogP contribution >= 0.6 is 0 Å². The van der Waals surface area contributed by atoms with Crippen molar-refractivity contribution >= 4 is 43.1 Å². The van der Waals surface area contributed by atoms with Crippen LogP contribution in [0.25, 0.3) is 60.0 Å². The lowest BCUT2D eigenvalue weighted by molar-refractivity contribution is -0.0459. The predicted octanol–water partition coefficient (Wildman–Crippen LogP) is 3.48. The molecule has 3 N–H and O–H groups in total. The Morgan fingerprint density at radius 3 is 2.29 bits per heavy atom. The Labute approximate surface area is 231 Å². The summed E-state index contributed by atoms with van der Waals surface area (Å²) in [6.45, 7) is -0.385. The molecule has 0 amide bonds. The van der Waals surface area contributed by atoms with E-state index >= 15 is 0 Å². The lowest BCUT2D eigenvalue weighted by Crippen LogP contribution is -2.34. The summed E-state index contributed by atoms with van der Waals surface area (Å²) in [5, 5.41) is 37.4. The number of hydrogen-bond acceptors (Lipinski definition) is 7. The van der Waals surface area contributed by atoms with Crippen LogP contribution in [-0.2, 0) is 4.74 Å². The van der Waals surface area contributed by atoms with Crippen molar-refractivity contribution in [1.82, 2.24) is 24.5 Å². The first-order valence-electron chi connectivity index (χ1n) is 13.3. The van der Waals surface area contributed by atoms with Crippen molar-refractivity contribution in [1.29, 1.82) is 0 Å². The number of nitrogens with one attached hydrogen (secondary N) is 1. The second-order valence-electron chi connectivity index (χ2n) is 10.5. The number of aromatic amines is 1. The van der Waals surface area contributed by atoms with Crippen LogP contribution in [0.3, 0.4) is 0 Å². The highest BCUT2D eigenvalue weighted by atomic mass is 16.5. The van der Waals surface area contributed by atoms with Gasteiger partial charge in [0.25, 0.3) is 5.56 Å². The summed E-state index contributed by atoms with van der Waals surface area (Å²) >= 11 is 0. The molecule has 0 radical (unpaired) electrons. The smallest absolute Gasteiger partial charge is 0.330 e. The van der Waals surface area contributed by atoms with Gasteiger partial charge < -0.3 is 14.9 Å². The van der Waals surface area contributed by atoms with Crippen molar-refractivity contribution in [3.63, 3.8) is 0 Å². The van der Waals surface area contributed by atoms with Gasteiger partial charge >= 0.3 is 5.69 Å². The molecule has 1 aliphatic rings. The quantitative estimate of drug-likeness (QED) is 0.228. The van der Waals surface area contributed by atoms with Crippen LogP contribution in [0.1, 0.15) is 12.6 Å². The van der Waals surface area contributed by atoms with Crippen molar-refractivity contribution in [2.45, 2.75) is 24.9 Å². The molecule has 8 rings (SSSR count). The highest BCUT2D eigenvalue weighted by Gasteiger charge is 2.35. The second kappa shape index (κ2) is 8.80. The minimum atomic E-state index is -0.933. The van der Waals surface area contributed by atoms with Crippen LogP contribution in [0.5, 0.6) is 0 Å². The van der Waals surface area contributed by atoms with Gasteiger partial charge in [-0.25, -0.2) is 9.48 Å². The summed E-state index contributed by atoms with van der Waals surface area (Å²) in [4.78, 5) is 27.7. The van der Waals surface area contributed by atoms with E-state index in [0.717, 1.165) is 21.7 Å². The molecular weight excluding hydrogens is 522 g/mol. The summed E-state index contributed by atoms with van der Waals surface area (Å²) in [6.07, 6.45) is 0.489. The maximum Gasteiger partial charge on any atom is 0.330 e. The SMILES string of the molecule is O=c1[nH]c(=O)n([C@H]2C[C@H](O)[C@@H](CO)O2)cc1-n1cc(-c2cc3cccc4c5cccc6cccc(c(c2)c34)c65)nn1. The number of nitrogens with zero attached hydrogens (tertiary/aromatic N) is 4. The molecule has 0 bridgehead atoms. The van der Waals surface area contributed by atoms with Gasteiger partial charge in [0.15, 0.2) is 0 Å². The molecule has 1 saturated heterocycles. The number of ether oxygens (including phenoxy) is 1. The normalized spacial score (nSPS) is 19.3. The Morgan fingerprint density at radius 2 is 1.59 bits per heavy atom. The van der Waals surface area contributed by atoms with E-state index in [2.05, 4.69) is 82.0 Å². The van der Waals surface area contributed by atoms with Crippen molar-refractivity contribution in [3.05, 3.63) is 100.0 Å². The van der Waals surface area contributed by atoms with Gasteiger partial charge in [-0.05, 0) is 55.2 Å². The third-order valence-electron chi connectivity index (χ3n) is 8.14. The molecule has 0 aliphatic carbocycles. The number of fused-ring (bicyclic) bond motifs is 2. The van der Waals surface area contributed by atoms with Gasteiger partial charge in [0.05, 0.1) is 18.9 Å². The Hall–Kier alpha value is -4.90. The largest absolute Gasteiger partial charge is 0.394 e. The zero-order chi connectivity index (χ0) is 27.8. The minimum absolute atomic E-state index is 0.0667. The van der Waals surface area contributed by atoms with Gasteiger partial charge in [-0.1, -0.05) is 59.8 Å². The van der Waals surface area contributed by atoms with Gasteiger partial charge in [-0.15, -0.1) is 5.10 Å². The number of hydrogen-bond donors (Lipinski definition) is 3. The Kier molecular flexibility index (Phi) is 5.14. The van der Waals surface area contributed by atoms with Crippen LogP contribution in [0.2, 0.25) is 0 Å². The molecule has 5 aromatic carbocycles. The van der Waals surface area contributed by atoms with Crippen LogP contribution < -0.4 is 11.2 Å². The number of aliphatic hydroxyl groups excluding tert-OH is 2. The monoisotopic (exact) mass is 545 g/mol. The summed E-state index contributed by atoms with van der Waals surface area (Å²) in [5.74, 6) is 0. The average Bonchev–Trinajstić information content (AvgIpc) is 3.62. The molecule has 0 saturated carbocycles. The lowest BCUT2D eigenvalue weighted by Gasteiger charge is -2.15. The highest BCUT2D eigenvalue weighted by molar-refractivity contribution is 6.33. The summed E-state index contributed by atoms with van der Waals surface area (Å²) < 4.78 is 8.13. The van der Waals surface area contributed by atoms with Crippen molar-refractivity contribution in [2.75, 3.05) is 6.61 Å². The molecule has 10 heteroatoms. The molecule has 10 nitrogen and oxygen atoms in total. The van der Waals surface area contributed by atoms with Gasteiger partial charge in [0.1, 0.15) is 23.7 Å². The maximum atomic E-state index is 12.8. The minimum Gasteiger partial charge on any atom is -0.394 e. The summed E-state index contributed by atoms with van der Waals surface area (Å²) in [6, 6.07) is 23.2. The van der Waals surface area contributed by atoms with E-state index in [1.165, 1.54) is 42.4 Å². The Morgan fingerprint density at radius 1 is 0.902 bits per heavy atom. The summed E-state index contributed by atoms with van der Waals surface area (Å²) in [7, 11) is 0. The van der Waals surface area contributed by atoms with E-state index < -0.39 is 29.7 Å². The highest BCUT2D eigenvalue weighted by Crippen LogP contribution is 2.41. The number of aliphatic hydroxyl groups is 2. The predicted molar refractivity (Wildman–Crippen MR) is 155 cm³/mol. The van der Waals surface area contributed by atoms with E-state index in [-0.39, 0.29) is 18.7 Å². The fourth-order valence-electron chi connectivity index (χ4n) is 6.22. The van der Waals surface area contributed by atoms with Gasteiger partial charge in [0, 0.05) is 18.2 Å². The van der Waals surface area contributed by atoms with Crippen LogP contribution in [0, 0.1) is 0 Å². The molecule has 2 aromatic heterocycles. The van der Waals surface area contributed by atoms with Gasteiger partial charge in [-0.2, -0.15) is 0 Å². The zero-order valence-corrected chi connectivity index (χ0v) is 21.6. The van der Waals surface area contributed by atoms with E-state index in [4.69, 9.17) is 4.74 Å². The molecule has 3 heterocycles. The fourth-order valence-corrected chi connectivity index (χ4v) is 6.22. The number of aromatic nitrogens is 5. The average molecular weight is 546 g/mol. The van der Waals surface area contributed by atoms with Crippen molar-refractivity contribution in [2.24, 2.45) is 0 Å². The van der Waals surface area contributed by atoms with E-state index in [1.54, 1.807) is 6.20 Å². The first-order valence-corrected chi connectivity index (χ1v) is 13.3. The number of rotatable bonds is 4. The molecule has 3 atom stereocenters. The fraction of sp³-hybridized carbons (Fsp3) is 0.161. The topological polar surface area (TPSA) is 135 Å². The van der Waals surface area contributed by atoms with Crippen LogP contribution in [-0.4, -0.2) is 53.6 Å².